The Balaban J connectivity index is 0.00000108. The Kier molecular flexibility index (Phi) is 2.82. The van der Waals surface area contributed by atoms with Crippen molar-refractivity contribution in [1.82, 2.24) is 5.32 Å². The van der Waals surface area contributed by atoms with Gasteiger partial charge >= 0.3 is 0 Å². The zero-order valence-corrected chi connectivity index (χ0v) is 9.88. The molecule has 5 heteroatoms. The van der Waals surface area contributed by atoms with Gasteiger partial charge in [-0.15, -0.1) is 12.4 Å². The number of hydrogen-bond donors (Lipinski definition) is 2. The Morgan fingerprint density at radius 3 is 2.94 bits per heavy atom. The van der Waals surface area contributed by atoms with Gasteiger partial charge < -0.3 is 10.6 Å². The molecular weight excluding hydrogens is 238 g/mol. The number of anilines is 1. The highest BCUT2D eigenvalue weighted by Crippen LogP contribution is 2.44. The largest absolute Gasteiger partial charge is 0.325 e. The number of carbonyl (C=O) groups excluding carboxylic acids is 1. The van der Waals surface area contributed by atoms with E-state index in [0.717, 1.165) is 11.3 Å². The number of amides is 1. The lowest BCUT2D eigenvalue weighted by Gasteiger charge is -2.23. The van der Waals surface area contributed by atoms with Crippen LogP contribution in [-0.2, 0) is 10.2 Å². The highest BCUT2D eigenvalue weighted by molar-refractivity contribution is 6.07. The molecule has 1 aromatic carbocycles. The zero-order valence-electron chi connectivity index (χ0n) is 9.06. The number of para-hydroxylation sites is 1. The molecule has 2 aliphatic rings. The molecule has 1 spiro atoms. The van der Waals surface area contributed by atoms with Crippen LogP contribution in [0.3, 0.4) is 0 Å². The summed E-state index contributed by atoms with van der Waals surface area (Å²) in [5, 5.41) is 15.2. The van der Waals surface area contributed by atoms with Crippen molar-refractivity contribution >= 4 is 24.0 Å². The summed E-state index contributed by atoms with van der Waals surface area (Å²) in [4.78, 5) is 12.1. The lowest BCUT2D eigenvalue weighted by Crippen LogP contribution is -2.41. The fourth-order valence-electron chi connectivity index (χ4n) is 2.73. The molecule has 3 rings (SSSR count). The Morgan fingerprint density at radius 1 is 1.41 bits per heavy atom. The second-order valence-corrected chi connectivity index (χ2v) is 4.28. The van der Waals surface area contributed by atoms with E-state index in [-0.39, 0.29) is 24.2 Å². The maximum atomic E-state index is 12.1. The molecule has 2 heterocycles. The number of benzene rings is 1. The van der Waals surface area contributed by atoms with E-state index < -0.39 is 5.41 Å². The third-order valence-corrected chi connectivity index (χ3v) is 3.56. The minimum Gasteiger partial charge on any atom is -0.325 e. The second-order valence-electron chi connectivity index (χ2n) is 4.28. The lowest BCUT2D eigenvalue weighted by molar-refractivity contribution is -0.120. The van der Waals surface area contributed by atoms with Crippen molar-refractivity contribution in [3.63, 3.8) is 0 Å². The number of halogens is 1. The first-order valence-electron chi connectivity index (χ1n) is 5.30. The van der Waals surface area contributed by atoms with E-state index in [4.69, 9.17) is 5.26 Å². The highest BCUT2D eigenvalue weighted by atomic mass is 35.5. The van der Waals surface area contributed by atoms with Gasteiger partial charge in [-0.25, -0.2) is 0 Å². The van der Waals surface area contributed by atoms with Gasteiger partial charge in [0, 0.05) is 18.8 Å². The van der Waals surface area contributed by atoms with E-state index in [1.54, 1.807) is 0 Å². The van der Waals surface area contributed by atoms with Gasteiger partial charge in [-0.05, 0) is 11.6 Å². The third-order valence-electron chi connectivity index (χ3n) is 3.56. The first kappa shape index (κ1) is 11.9. The van der Waals surface area contributed by atoms with E-state index in [0.29, 0.717) is 13.1 Å². The predicted molar refractivity (Wildman–Crippen MR) is 66.0 cm³/mol. The van der Waals surface area contributed by atoms with Crippen molar-refractivity contribution in [2.45, 2.75) is 5.41 Å². The van der Waals surface area contributed by atoms with E-state index in [1.165, 1.54) is 0 Å². The highest BCUT2D eigenvalue weighted by Gasteiger charge is 2.55. The molecule has 1 aromatic rings. The van der Waals surface area contributed by atoms with Crippen LogP contribution in [0.1, 0.15) is 5.56 Å². The summed E-state index contributed by atoms with van der Waals surface area (Å²) in [7, 11) is 0. The number of nitrogens with one attached hydrogen (secondary N) is 2. The molecule has 2 aliphatic heterocycles. The molecule has 1 fully saturated rings. The van der Waals surface area contributed by atoms with E-state index in [2.05, 4.69) is 16.7 Å². The molecule has 1 saturated heterocycles. The molecule has 0 saturated carbocycles. The third kappa shape index (κ3) is 1.36. The lowest BCUT2D eigenvalue weighted by atomic mass is 9.74. The van der Waals surface area contributed by atoms with E-state index >= 15 is 0 Å². The van der Waals surface area contributed by atoms with Gasteiger partial charge in [0.05, 0.1) is 12.0 Å². The second kappa shape index (κ2) is 4.02. The molecule has 2 N–H and O–H groups in total. The Bertz CT molecular complexity index is 511. The van der Waals surface area contributed by atoms with Crippen LogP contribution in [0.4, 0.5) is 5.69 Å². The molecule has 2 unspecified atom stereocenters. The van der Waals surface area contributed by atoms with Gasteiger partial charge in [-0.1, -0.05) is 18.2 Å². The molecule has 88 valence electrons. The van der Waals surface area contributed by atoms with Crippen LogP contribution in [0.15, 0.2) is 24.3 Å². The molecule has 0 aromatic heterocycles. The van der Waals surface area contributed by atoms with Gasteiger partial charge in [0.2, 0.25) is 5.91 Å². The molecule has 0 radical (unpaired) electrons. The maximum absolute atomic E-state index is 12.1. The zero-order chi connectivity index (χ0) is 11.2. The SMILES string of the molecule is Cl.N#CC1CNCC12C(=O)Nc1ccccc12. The number of nitriles is 1. The fourth-order valence-corrected chi connectivity index (χ4v) is 2.73. The quantitative estimate of drug-likeness (QED) is 0.722. The molecule has 4 nitrogen and oxygen atoms in total. The van der Waals surface area contributed by atoms with Crippen LogP contribution < -0.4 is 10.6 Å². The molecule has 0 aliphatic carbocycles. The molecule has 2 atom stereocenters. The number of nitrogens with zero attached hydrogens (tertiary/aromatic N) is 1. The molecular formula is C12H12ClN3O. The number of carbonyl (C=O) groups is 1. The van der Waals surface area contributed by atoms with Crippen LogP contribution in [0.25, 0.3) is 0 Å². The van der Waals surface area contributed by atoms with Crippen LogP contribution >= 0.6 is 12.4 Å². The maximum Gasteiger partial charge on any atom is 0.237 e. The normalized spacial score (nSPS) is 29.4. The minimum atomic E-state index is -0.675. The summed E-state index contributed by atoms with van der Waals surface area (Å²) in [5.74, 6) is -0.332. The fraction of sp³-hybridized carbons (Fsp3) is 0.333. The first-order chi connectivity index (χ1) is 7.79. The van der Waals surface area contributed by atoms with E-state index in [9.17, 15) is 4.79 Å². The first-order valence-corrected chi connectivity index (χ1v) is 5.30. The van der Waals surface area contributed by atoms with Crippen molar-refractivity contribution < 1.29 is 4.79 Å². The van der Waals surface area contributed by atoms with Crippen molar-refractivity contribution in [2.24, 2.45) is 5.92 Å². The van der Waals surface area contributed by atoms with E-state index in [1.807, 2.05) is 24.3 Å². The monoisotopic (exact) mass is 249 g/mol. The minimum absolute atomic E-state index is 0. The van der Waals surface area contributed by atoms with Gasteiger partial charge in [-0.2, -0.15) is 5.26 Å². The van der Waals surface area contributed by atoms with Crippen molar-refractivity contribution in [1.29, 1.82) is 5.26 Å². The van der Waals surface area contributed by atoms with Crippen LogP contribution in [0.2, 0.25) is 0 Å². The Morgan fingerprint density at radius 2 is 2.18 bits per heavy atom. The summed E-state index contributed by atoms with van der Waals surface area (Å²) >= 11 is 0. The number of rotatable bonds is 0. The standard InChI is InChI=1S/C12H11N3O.ClH/c13-5-8-6-14-7-12(8)9-3-1-2-4-10(9)15-11(12)16;/h1-4,8,14H,6-7H2,(H,15,16);1H. The van der Waals surface area contributed by atoms with Gasteiger partial charge in [0.1, 0.15) is 5.41 Å². The van der Waals surface area contributed by atoms with Gasteiger partial charge in [0.25, 0.3) is 0 Å². The average Bonchev–Trinajstić information content (AvgIpc) is 2.85. The van der Waals surface area contributed by atoms with Crippen LogP contribution in [-0.4, -0.2) is 19.0 Å². The molecule has 0 bridgehead atoms. The van der Waals surface area contributed by atoms with Crippen LogP contribution in [0.5, 0.6) is 0 Å². The van der Waals surface area contributed by atoms with Crippen molar-refractivity contribution in [3.8, 4) is 6.07 Å². The topological polar surface area (TPSA) is 64.9 Å². The summed E-state index contributed by atoms with van der Waals surface area (Å²) < 4.78 is 0. The summed E-state index contributed by atoms with van der Waals surface area (Å²) in [5.41, 5.74) is 1.12. The van der Waals surface area contributed by atoms with Gasteiger partial charge in [-0.3, -0.25) is 4.79 Å². The Labute approximate surface area is 105 Å². The predicted octanol–water partition coefficient (Wildman–Crippen LogP) is 1.04. The Hall–Kier alpha value is -1.57. The van der Waals surface area contributed by atoms with Crippen molar-refractivity contribution in [2.75, 3.05) is 18.4 Å². The summed E-state index contributed by atoms with van der Waals surface area (Å²) in [6.07, 6.45) is 0. The molecule has 17 heavy (non-hydrogen) atoms. The molecule has 1 amide bonds. The van der Waals surface area contributed by atoms with Crippen molar-refractivity contribution in [3.05, 3.63) is 29.8 Å². The van der Waals surface area contributed by atoms with Crippen LogP contribution in [0, 0.1) is 17.2 Å². The van der Waals surface area contributed by atoms with Gasteiger partial charge in [0.15, 0.2) is 0 Å². The smallest absolute Gasteiger partial charge is 0.237 e. The number of hydrogen-bond acceptors (Lipinski definition) is 3. The average molecular weight is 250 g/mol. The summed E-state index contributed by atoms with van der Waals surface area (Å²) in [6.45, 7) is 1.13. The summed E-state index contributed by atoms with van der Waals surface area (Å²) in [6, 6.07) is 9.86. The number of fused-ring (bicyclic) bond motifs is 2.